The molecule has 27 heavy (non-hydrogen) atoms. The third-order valence-corrected chi connectivity index (χ3v) is 4.98. The number of carbonyl (C=O) groups is 1. The number of hydrogen-bond acceptors (Lipinski definition) is 5. The fourth-order valence-corrected chi connectivity index (χ4v) is 3.30. The van der Waals surface area contributed by atoms with Crippen LogP contribution < -0.4 is 9.80 Å². The highest BCUT2D eigenvalue weighted by atomic mass is 16.2. The van der Waals surface area contributed by atoms with Crippen LogP contribution in [0.1, 0.15) is 35.8 Å². The molecule has 1 aliphatic rings. The largest absolute Gasteiger partial charge is 0.368 e. The van der Waals surface area contributed by atoms with E-state index < -0.39 is 0 Å². The number of aryl methyl sites for hydroxylation is 1. The zero-order valence-electron chi connectivity index (χ0n) is 16.6. The van der Waals surface area contributed by atoms with E-state index in [9.17, 15) is 4.79 Å². The molecule has 1 saturated heterocycles. The maximum absolute atomic E-state index is 12.9. The zero-order valence-corrected chi connectivity index (χ0v) is 16.6. The molecule has 2 aromatic rings. The molecule has 0 atom stereocenters. The topological polar surface area (TPSA) is 52.6 Å². The monoisotopic (exact) mass is 367 g/mol. The van der Waals surface area contributed by atoms with Gasteiger partial charge in [-0.1, -0.05) is 25.5 Å². The fraction of sp³-hybridized carbons (Fsp3) is 0.476. The van der Waals surface area contributed by atoms with Crippen molar-refractivity contribution < 1.29 is 4.79 Å². The van der Waals surface area contributed by atoms with E-state index >= 15 is 0 Å². The van der Waals surface area contributed by atoms with E-state index in [-0.39, 0.29) is 5.91 Å². The molecule has 0 unspecified atom stereocenters. The lowest BCUT2D eigenvalue weighted by atomic mass is 10.2. The lowest BCUT2D eigenvalue weighted by Crippen LogP contribution is -2.49. The van der Waals surface area contributed by atoms with E-state index in [1.54, 1.807) is 12.3 Å². The van der Waals surface area contributed by atoms with E-state index in [0.717, 1.165) is 32.5 Å². The molecule has 1 aromatic carbocycles. The molecule has 144 valence electrons. The second kappa shape index (κ2) is 8.84. The van der Waals surface area contributed by atoms with Crippen LogP contribution in [0.3, 0.4) is 0 Å². The summed E-state index contributed by atoms with van der Waals surface area (Å²) in [4.78, 5) is 27.9. The van der Waals surface area contributed by atoms with Gasteiger partial charge >= 0.3 is 0 Å². The molecule has 0 bridgehead atoms. The highest BCUT2D eigenvalue weighted by Crippen LogP contribution is 2.18. The normalized spacial score (nSPS) is 14.3. The van der Waals surface area contributed by atoms with Crippen LogP contribution in [-0.4, -0.2) is 60.5 Å². The van der Waals surface area contributed by atoms with E-state index in [4.69, 9.17) is 0 Å². The molecular formula is C21H29N5O. The van der Waals surface area contributed by atoms with E-state index in [2.05, 4.69) is 53.0 Å². The summed E-state index contributed by atoms with van der Waals surface area (Å²) in [5, 5.41) is 0. The lowest BCUT2D eigenvalue weighted by molar-refractivity contribution is 0.0740. The Morgan fingerprint density at radius 2 is 1.96 bits per heavy atom. The van der Waals surface area contributed by atoms with Gasteiger partial charge in [0.25, 0.3) is 5.91 Å². The number of benzene rings is 1. The maximum atomic E-state index is 12.9. The van der Waals surface area contributed by atoms with Crippen molar-refractivity contribution in [2.24, 2.45) is 0 Å². The van der Waals surface area contributed by atoms with Gasteiger partial charge in [0.2, 0.25) is 5.95 Å². The van der Waals surface area contributed by atoms with Crippen LogP contribution in [0, 0.1) is 6.92 Å². The van der Waals surface area contributed by atoms with E-state index in [0.29, 0.717) is 24.7 Å². The number of hydrogen-bond donors (Lipinski definition) is 0. The predicted octanol–water partition coefficient (Wildman–Crippen LogP) is 2.98. The highest BCUT2D eigenvalue weighted by molar-refractivity contribution is 5.92. The molecule has 1 fully saturated rings. The molecule has 2 heterocycles. The smallest absolute Gasteiger partial charge is 0.272 e. The molecule has 1 aliphatic heterocycles. The van der Waals surface area contributed by atoms with Crippen molar-refractivity contribution >= 4 is 17.5 Å². The number of amides is 1. The summed E-state index contributed by atoms with van der Waals surface area (Å²) in [6, 6.07) is 10.2. The summed E-state index contributed by atoms with van der Waals surface area (Å²) in [7, 11) is 1.97. The van der Waals surface area contributed by atoms with Crippen LogP contribution in [0.15, 0.2) is 36.5 Å². The van der Waals surface area contributed by atoms with Gasteiger partial charge in [0.05, 0.1) is 0 Å². The molecule has 3 rings (SSSR count). The van der Waals surface area contributed by atoms with Gasteiger partial charge in [0.15, 0.2) is 0 Å². The maximum Gasteiger partial charge on any atom is 0.272 e. The quantitative estimate of drug-likeness (QED) is 0.786. The zero-order chi connectivity index (χ0) is 19.2. The minimum atomic E-state index is -0.00793. The van der Waals surface area contributed by atoms with Crippen molar-refractivity contribution in [2.75, 3.05) is 49.6 Å². The number of carbonyl (C=O) groups excluding carboxylic acids is 1. The summed E-state index contributed by atoms with van der Waals surface area (Å²) >= 11 is 0. The summed E-state index contributed by atoms with van der Waals surface area (Å²) < 4.78 is 0. The van der Waals surface area contributed by atoms with Crippen molar-refractivity contribution in [3.8, 4) is 0 Å². The first kappa shape index (κ1) is 19.1. The molecule has 1 aromatic heterocycles. The standard InChI is InChI=1S/C21H29N5O/c1-4-5-11-24(3)21-22-10-9-19(23-21)20(27)26-14-12-25(13-15-26)18-8-6-7-17(2)16-18/h6-10,16H,4-5,11-15H2,1-3H3. The second-order valence-corrected chi connectivity index (χ2v) is 7.14. The second-order valence-electron chi connectivity index (χ2n) is 7.14. The van der Waals surface area contributed by atoms with Crippen LogP contribution in [0.2, 0.25) is 0 Å². The summed E-state index contributed by atoms with van der Waals surface area (Å²) in [6.07, 6.45) is 3.88. The third kappa shape index (κ3) is 4.76. The van der Waals surface area contributed by atoms with Crippen LogP contribution in [-0.2, 0) is 0 Å². The van der Waals surface area contributed by atoms with Gasteiger partial charge in [-0.2, -0.15) is 0 Å². The Morgan fingerprint density at radius 3 is 2.67 bits per heavy atom. The molecule has 6 nitrogen and oxygen atoms in total. The van der Waals surface area contributed by atoms with Gasteiger partial charge in [-0.15, -0.1) is 0 Å². The molecular weight excluding hydrogens is 338 g/mol. The molecule has 0 radical (unpaired) electrons. The van der Waals surface area contributed by atoms with Crippen LogP contribution in [0.25, 0.3) is 0 Å². The van der Waals surface area contributed by atoms with Gasteiger partial charge in [-0.25, -0.2) is 9.97 Å². The molecule has 6 heteroatoms. The number of aromatic nitrogens is 2. The van der Waals surface area contributed by atoms with Crippen LogP contribution in [0.4, 0.5) is 11.6 Å². The van der Waals surface area contributed by atoms with Gasteiger partial charge in [0.1, 0.15) is 5.69 Å². The van der Waals surface area contributed by atoms with Gasteiger partial charge in [0, 0.05) is 51.7 Å². The Hall–Kier alpha value is -2.63. The Balaban J connectivity index is 1.62. The average molecular weight is 367 g/mol. The van der Waals surface area contributed by atoms with Crippen molar-refractivity contribution in [3.05, 3.63) is 47.8 Å². The first-order chi connectivity index (χ1) is 13.1. The number of piperazine rings is 1. The number of unbranched alkanes of at least 4 members (excludes halogenated alkanes) is 1. The molecule has 0 saturated carbocycles. The van der Waals surface area contributed by atoms with Crippen LogP contribution in [0.5, 0.6) is 0 Å². The fourth-order valence-electron chi connectivity index (χ4n) is 3.30. The first-order valence-corrected chi connectivity index (χ1v) is 9.73. The number of rotatable bonds is 6. The van der Waals surface area contributed by atoms with Crippen molar-refractivity contribution in [2.45, 2.75) is 26.7 Å². The van der Waals surface area contributed by atoms with Crippen LogP contribution >= 0.6 is 0 Å². The average Bonchev–Trinajstić information content (AvgIpc) is 2.71. The van der Waals surface area contributed by atoms with Gasteiger partial charge < -0.3 is 14.7 Å². The first-order valence-electron chi connectivity index (χ1n) is 9.73. The number of nitrogens with zero attached hydrogens (tertiary/aromatic N) is 5. The Kier molecular flexibility index (Phi) is 6.27. The Morgan fingerprint density at radius 1 is 1.19 bits per heavy atom. The van der Waals surface area contributed by atoms with Crippen molar-refractivity contribution in [1.82, 2.24) is 14.9 Å². The Bertz CT molecular complexity index is 771. The van der Waals surface area contributed by atoms with Gasteiger partial charge in [-0.3, -0.25) is 4.79 Å². The summed E-state index contributed by atoms with van der Waals surface area (Å²) in [5.41, 5.74) is 2.96. The van der Waals surface area contributed by atoms with E-state index in [1.165, 1.54) is 11.3 Å². The molecule has 0 N–H and O–H groups in total. The lowest BCUT2D eigenvalue weighted by Gasteiger charge is -2.36. The Labute approximate surface area is 161 Å². The van der Waals surface area contributed by atoms with Gasteiger partial charge in [-0.05, 0) is 37.1 Å². The highest BCUT2D eigenvalue weighted by Gasteiger charge is 2.23. The molecule has 1 amide bonds. The summed E-state index contributed by atoms with van der Waals surface area (Å²) in [6.45, 7) is 8.24. The minimum Gasteiger partial charge on any atom is -0.368 e. The third-order valence-electron chi connectivity index (χ3n) is 4.98. The molecule has 0 aliphatic carbocycles. The molecule has 0 spiro atoms. The SMILES string of the molecule is CCCCN(C)c1nccc(C(=O)N2CCN(c3cccc(C)c3)CC2)n1. The minimum absolute atomic E-state index is 0.00793. The predicted molar refractivity (Wildman–Crippen MR) is 110 cm³/mol. The van der Waals surface area contributed by atoms with Crippen molar-refractivity contribution in [3.63, 3.8) is 0 Å². The van der Waals surface area contributed by atoms with Crippen molar-refractivity contribution in [1.29, 1.82) is 0 Å². The summed E-state index contributed by atoms with van der Waals surface area (Å²) in [5.74, 6) is 0.610. The number of anilines is 2. The van der Waals surface area contributed by atoms with E-state index in [1.807, 2.05) is 16.8 Å².